The fourth-order valence-corrected chi connectivity index (χ4v) is 3.56. The zero-order valence-electron chi connectivity index (χ0n) is 11.9. The molecule has 4 atom stereocenters. The molecule has 0 aromatic rings. The summed E-state index contributed by atoms with van der Waals surface area (Å²) in [7, 11) is 2.35. The highest BCUT2D eigenvalue weighted by Gasteiger charge is 2.28. The van der Waals surface area contributed by atoms with Crippen molar-refractivity contribution in [1.29, 1.82) is 0 Å². The molecule has 17 heavy (non-hydrogen) atoms. The average Bonchev–Trinajstić information content (AvgIpc) is 2.34. The van der Waals surface area contributed by atoms with Crippen LogP contribution in [0.3, 0.4) is 0 Å². The van der Waals surface area contributed by atoms with E-state index in [4.69, 9.17) is 0 Å². The molecular weight excluding hydrogens is 208 g/mol. The maximum Gasteiger partial charge on any atom is 0.00950 e. The molecule has 1 aliphatic heterocycles. The molecule has 0 radical (unpaired) electrons. The summed E-state index contributed by atoms with van der Waals surface area (Å²) in [4.78, 5) is 2.65. The van der Waals surface area contributed by atoms with Crippen LogP contribution in [0.2, 0.25) is 0 Å². The van der Waals surface area contributed by atoms with E-state index in [1.807, 2.05) is 0 Å². The first-order valence-electron chi connectivity index (χ1n) is 7.57. The Morgan fingerprint density at radius 1 is 1.12 bits per heavy atom. The lowest BCUT2D eigenvalue weighted by Gasteiger charge is -2.39. The summed E-state index contributed by atoms with van der Waals surface area (Å²) in [5.41, 5.74) is 0. The van der Waals surface area contributed by atoms with Gasteiger partial charge in [-0.1, -0.05) is 13.8 Å². The summed E-state index contributed by atoms with van der Waals surface area (Å²) in [6.07, 6.45) is 7.06. The molecule has 0 aromatic heterocycles. The number of nitrogens with zero attached hydrogens (tertiary/aromatic N) is 1. The molecule has 1 aliphatic carbocycles. The molecule has 0 aromatic carbocycles. The lowest BCUT2D eigenvalue weighted by Crippen LogP contribution is -2.43. The Labute approximate surface area is 107 Å². The van der Waals surface area contributed by atoms with Gasteiger partial charge in [0.05, 0.1) is 0 Å². The molecule has 0 amide bonds. The topological polar surface area (TPSA) is 15.3 Å². The average molecular weight is 238 g/mol. The minimum Gasteiger partial charge on any atom is -0.316 e. The van der Waals surface area contributed by atoms with Gasteiger partial charge in [-0.25, -0.2) is 0 Å². The standard InChI is InChI=1S/C15H30N2/c1-12-6-7-15(9-13(12)2)17(3)11-14-5-4-8-16-10-14/h12-16H,4-11H2,1-3H3. The van der Waals surface area contributed by atoms with Crippen LogP contribution in [0.5, 0.6) is 0 Å². The largest absolute Gasteiger partial charge is 0.316 e. The van der Waals surface area contributed by atoms with Gasteiger partial charge in [0.15, 0.2) is 0 Å². The maximum absolute atomic E-state index is 3.53. The van der Waals surface area contributed by atoms with Gasteiger partial charge in [0.25, 0.3) is 0 Å². The van der Waals surface area contributed by atoms with E-state index in [9.17, 15) is 0 Å². The highest BCUT2D eigenvalue weighted by atomic mass is 15.1. The third kappa shape index (κ3) is 3.69. The van der Waals surface area contributed by atoms with Crippen molar-refractivity contribution in [2.45, 2.75) is 52.0 Å². The Kier molecular flexibility index (Phi) is 4.87. The van der Waals surface area contributed by atoms with Crippen molar-refractivity contribution in [3.8, 4) is 0 Å². The summed E-state index contributed by atoms with van der Waals surface area (Å²) in [5, 5.41) is 3.53. The molecule has 2 fully saturated rings. The first-order chi connectivity index (χ1) is 8.16. The van der Waals surface area contributed by atoms with E-state index in [2.05, 4.69) is 31.1 Å². The van der Waals surface area contributed by atoms with Crippen molar-refractivity contribution in [1.82, 2.24) is 10.2 Å². The van der Waals surface area contributed by atoms with Gasteiger partial charge in [0, 0.05) is 12.6 Å². The Balaban J connectivity index is 1.77. The zero-order chi connectivity index (χ0) is 12.3. The smallest absolute Gasteiger partial charge is 0.00950 e. The van der Waals surface area contributed by atoms with Crippen molar-refractivity contribution in [3.05, 3.63) is 0 Å². The van der Waals surface area contributed by atoms with Gasteiger partial charge in [-0.05, 0) is 70.0 Å². The van der Waals surface area contributed by atoms with E-state index >= 15 is 0 Å². The maximum atomic E-state index is 3.53. The quantitative estimate of drug-likeness (QED) is 0.813. The Morgan fingerprint density at radius 2 is 1.94 bits per heavy atom. The van der Waals surface area contributed by atoms with Crippen LogP contribution in [0.25, 0.3) is 0 Å². The van der Waals surface area contributed by atoms with Crippen LogP contribution in [0.15, 0.2) is 0 Å². The summed E-state index contributed by atoms with van der Waals surface area (Å²) in [6.45, 7) is 8.64. The molecule has 100 valence electrons. The van der Waals surface area contributed by atoms with Gasteiger partial charge in [-0.2, -0.15) is 0 Å². The third-order valence-electron chi connectivity index (χ3n) is 5.14. The monoisotopic (exact) mass is 238 g/mol. The van der Waals surface area contributed by atoms with Gasteiger partial charge in [0.2, 0.25) is 0 Å². The molecule has 4 unspecified atom stereocenters. The lowest BCUT2D eigenvalue weighted by atomic mass is 9.78. The molecule has 2 heteroatoms. The van der Waals surface area contributed by atoms with E-state index in [1.54, 1.807) is 0 Å². The van der Waals surface area contributed by atoms with Crippen LogP contribution in [0.4, 0.5) is 0 Å². The highest BCUT2D eigenvalue weighted by molar-refractivity contribution is 4.82. The normalized spacial score (nSPS) is 39.5. The first-order valence-corrected chi connectivity index (χ1v) is 7.57. The Bertz CT molecular complexity index is 223. The van der Waals surface area contributed by atoms with Gasteiger partial charge in [0.1, 0.15) is 0 Å². The summed E-state index contributed by atoms with van der Waals surface area (Å²) in [6, 6.07) is 0.850. The predicted molar refractivity (Wildman–Crippen MR) is 74.2 cm³/mol. The summed E-state index contributed by atoms with van der Waals surface area (Å²) in [5.74, 6) is 2.75. The van der Waals surface area contributed by atoms with Crippen molar-refractivity contribution < 1.29 is 0 Å². The summed E-state index contributed by atoms with van der Waals surface area (Å²) < 4.78 is 0. The Hall–Kier alpha value is -0.0800. The van der Waals surface area contributed by atoms with Crippen molar-refractivity contribution >= 4 is 0 Å². The van der Waals surface area contributed by atoms with E-state index in [-0.39, 0.29) is 0 Å². The molecule has 1 N–H and O–H groups in total. The van der Waals surface area contributed by atoms with Crippen molar-refractivity contribution in [3.63, 3.8) is 0 Å². The predicted octanol–water partition coefficient (Wildman–Crippen LogP) is 2.74. The third-order valence-corrected chi connectivity index (χ3v) is 5.14. The molecule has 1 heterocycles. The fourth-order valence-electron chi connectivity index (χ4n) is 3.56. The van der Waals surface area contributed by atoms with E-state index in [0.717, 1.165) is 23.8 Å². The molecule has 2 aliphatic rings. The van der Waals surface area contributed by atoms with E-state index < -0.39 is 0 Å². The summed E-state index contributed by atoms with van der Waals surface area (Å²) >= 11 is 0. The molecular formula is C15H30N2. The molecule has 2 rings (SSSR count). The molecule has 0 spiro atoms. The van der Waals surface area contributed by atoms with Crippen LogP contribution in [-0.2, 0) is 0 Å². The Morgan fingerprint density at radius 3 is 2.59 bits per heavy atom. The van der Waals surface area contributed by atoms with Crippen molar-refractivity contribution in [2.24, 2.45) is 17.8 Å². The molecule has 2 nitrogen and oxygen atoms in total. The fraction of sp³-hybridized carbons (Fsp3) is 1.00. The van der Waals surface area contributed by atoms with Gasteiger partial charge >= 0.3 is 0 Å². The van der Waals surface area contributed by atoms with Crippen molar-refractivity contribution in [2.75, 3.05) is 26.7 Å². The molecule has 0 bridgehead atoms. The van der Waals surface area contributed by atoms with E-state index in [0.29, 0.717) is 0 Å². The number of rotatable bonds is 3. The van der Waals surface area contributed by atoms with Gasteiger partial charge in [-0.3, -0.25) is 0 Å². The number of nitrogens with one attached hydrogen (secondary N) is 1. The second kappa shape index (κ2) is 6.19. The number of piperidine rings is 1. The minimum atomic E-state index is 0.850. The van der Waals surface area contributed by atoms with Crippen LogP contribution >= 0.6 is 0 Å². The second-order valence-corrected chi connectivity index (χ2v) is 6.57. The van der Waals surface area contributed by atoms with Gasteiger partial charge in [-0.15, -0.1) is 0 Å². The van der Waals surface area contributed by atoms with E-state index in [1.165, 1.54) is 51.7 Å². The van der Waals surface area contributed by atoms with Crippen LogP contribution in [0, 0.1) is 17.8 Å². The molecule has 1 saturated carbocycles. The molecule has 1 saturated heterocycles. The SMILES string of the molecule is CC1CCC(N(C)CC2CCCNC2)CC1C. The number of hydrogen-bond acceptors (Lipinski definition) is 2. The highest BCUT2D eigenvalue weighted by Crippen LogP contribution is 2.32. The zero-order valence-corrected chi connectivity index (χ0v) is 11.9. The number of hydrogen-bond donors (Lipinski definition) is 1. The van der Waals surface area contributed by atoms with Gasteiger partial charge < -0.3 is 10.2 Å². The minimum absolute atomic E-state index is 0.850. The first kappa shape index (κ1) is 13.4. The van der Waals surface area contributed by atoms with Crippen LogP contribution < -0.4 is 5.32 Å². The van der Waals surface area contributed by atoms with Crippen LogP contribution in [0.1, 0.15) is 46.0 Å². The lowest BCUT2D eigenvalue weighted by molar-refractivity contribution is 0.112. The van der Waals surface area contributed by atoms with Crippen LogP contribution in [-0.4, -0.2) is 37.6 Å². The second-order valence-electron chi connectivity index (χ2n) is 6.57.